The lowest BCUT2D eigenvalue weighted by Gasteiger charge is -2.40. The molecule has 0 aliphatic heterocycles. The molecular weight excluding hydrogens is 450 g/mol. The summed E-state index contributed by atoms with van der Waals surface area (Å²) >= 11 is 6.74. The molecule has 0 saturated heterocycles. The first-order valence-corrected chi connectivity index (χ1v) is 14.4. The Bertz CT molecular complexity index is 858. The molecule has 0 radical (unpaired) electrons. The van der Waals surface area contributed by atoms with E-state index >= 15 is 0 Å². The average Bonchev–Trinajstić information content (AvgIpc) is 2.84. The maximum absolute atomic E-state index is 11.1. The number of hydrogen-bond donors (Lipinski definition) is 1. The third-order valence-corrected chi connectivity index (χ3v) is 8.84. The molecule has 35 heavy (non-hydrogen) atoms. The summed E-state index contributed by atoms with van der Waals surface area (Å²) in [6, 6.07) is 0. The van der Waals surface area contributed by atoms with E-state index in [1.54, 1.807) is 0 Å². The van der Waals surface area contributed by atoms with Crippen LogP contribution in [-0.2, 0) is 0 Å². The normalized spacial score (nSPS) is 27.7. The molecule has 1 N–H and O–H groups in total. The highest BCUT2D eigenvalue weighted by Gasteiger charge is 2.33. The minimum atomic E-state index is -0.286. The molecule has 196 valence electrons. The Morgan fingerprint density at radius 2 is 1.91 bits per heavy atom. The first-order valence-electron chi connectivity index (χ1n) is 14.1. The van der Waals surface area contributed by atoms with E-state index in [2.05, 4.69) is 63.6 Å². The van der Waals surface area contributed by atoms with E-state index in [0.29, 0.717) is 23.7 Å². The van der Waals surface area contributed by atoms with Crippen molar-refractivity contribution in [2.75, 3.05) is 7.05 Å². The van der Waals surface area contributed by atoms with Crippen LogP contribution in [-0.4, -0.2) is 24.0 Å². The molecule has 0 aromatic rings. The standard InChI is InChI=1S/C32H50ClNO/c1-8-12-13-26(10-3)27(11-4)20-32(34-7)30-19-25(14-15-31(30)33)18-28(35)21-29-22(5)16-24(9-2)17-23(29)6/h8,13-14,20,22-24,26,28-29,35H,9-11,15-19,21H2,1-7H3/b27-20-,34-32?. The van der Waals surface area contributed by atoms with Gasteiger partial charge in [-0.15, -0.1) is 5.73 Å². The maximum atomic E-state index is 11.1. The van der Waals surface area contributed by atoms with Crippen molar-refractivity contribution in [3.8, 4) is 0 Å². The molecule has 2 nitrogen and oxygen atoms in total. The van der Waals surface area contributed by atoms with Crippen LogP contribution in [0.2, 0.25) is 0 Å². The van der Waals surface area contributed by atoms with Crippen molar-refractivity contribution >= 4 is 17.3 Å². The van der Waals surface area contributed by atoms with Gasteiger partial charge in [0.1, 0.15) is 0 Å². The quantitative estimate of drug-likeness (QED) is 0.171. The molecule has 2 rings (SSSR count). The minimum absolute atomic E-state index is 0.286. The summed E-state index contributed by atoms with van der Waals surface area (Å²) < 4.78 is 0. The van der Waals surface area contributed by atoms with Crippen molar-refractivity contribution in [1.29, 1.82) is 0 Å². The van der Waals surface area contributed by atoms with Crippen LogP contribution in [0, 0.1) is 29.6 Å². The van der Waals surface area contributed by atoms with Gasteiger partial charge in [-0.05, 0) is 99.3 Å². The highest BCUT2D eigenvalue weighted by Crippen LogP contribution is 2.42. The molecule has 0 heterocycles. The van der Waals surface area contributed by atoms with Crippen LogP contribution in [0.25, 0.3) is 0 Å². The predicted molar refractivity (Wildman–Crippen MR) is 154 cm³/mol. The van der Waals surface area contributed by atoms with Crippen LogP contribution in [0.15, 0.2) is 56.8 Å². The Balaban J connectivity index is 2.10. The summed E-state index contributed by atoms with van der Waals surface area (Å²) in [5, 5.41) is 12.0. The fourth-order valence-corrected chi connectivity index (χ4v) is 6.57. The lowest BCUT2D eigenvalue weighted by atomic mass is 9.66. The van der Waals surface area contributed by atoms with Crippen LogP contribution in [0.4, 0.5) is 0 Å². The number of halogens is 1. The van der Waals surface area contributed by atoms with Gasteiger partial charge in [-0.2, -0.15) is 0 Å². The summed E-state index contributed by atoms with van der Waals surface area (Å²) in [7, 11) is 1.86. The second-order valence-electron chi connectivity index (χ2n) is 10.9. The minimum Gasteiger partial charge on any atom is -0.393 e. The Labute approximate surface area is 221 Å². The number of hydrogen-bond acceptors (Lipinski definition) is 2. The van der Waals surface area contributed by atoms with Crippen LogP contribution in [0.1, 0.15) is 99.3 Å². The highest BCUT2D eigenvalue weighted by atomic mass is 35.5. The Kier molecular flexibility index (Phi) is 12.8. The molecule has 0 aromatic carbocycles. The summed E-state index contributed by atoms with van der Waals surface area (Å²) in [4.78, 5) is 4.66. The van der Waals surface area contributed by atoms with Crippen molar-refractivity contribution < 1.29 is 5.11 Å². The molecule has 1 fully saturated rings. The molecule has 0 bridgehead atoms. The van der Waals surface area contributed by atoms with Crippen molar-refractivity contribution in [3.63, 3.8) is 0 Å². The predicted octanol–water partition coefficient (Wildman–Crippen LogP) is 9.21. The van der Waals surface area contributed by atoms with Crippen LogP contribution in [0.5, 0.6) is 0 Å². The lowest BCUT2D eigenvalue weighted by molar-refractivity contribution is 0.0604. The number of allylic oxidation sites excluding steroid dienone is 6. The molecule has 4 unspecified atom stereocenters. The van der Waals surface area contributed by atoms with Crippen molar-refractivity contribution in [1.82, 2.24) is 0 Å². The number of aliphatic imine (C=N–C) groups is 1. The van der Waals surface area contributed by atoms with Gasteiger partial charge in [0.05, 0.1) is 11.8 Å². The van der Waals surface area contributed by atoms with E-state index in [-0.39, 0.29) is 6.10 Å². The molecule has 0 spiro atoms. The molecule has 2 aliphatic carbocycles. The summed E-state index contributed by atoms with van der Waals surface area (Å²) in [6.45, 7) is 13.5. The zero-order valence-corrected chi connectivity index (χ0v) is 24.2. The van der Waals surface area contributed by atoms with Gasteiger partial charge < -0.3 is 5.11 Å². The molecule has 4 atom stereocenters. The zero-order valence-electron chi connectivity index (χ0n) is 23.4. The van der Waals surface area contributed by atoms with Crippen LogP contribution in [0.3, 0.4) is 0 Å². The molecular formula is C32H50ClNO. The van der Waals surface area contributed by atoms with E-state index in [0.717, 1.165) is 60.8 Å². The van der Waals surface area contributed by atoms with Gasteiger partial charge in [-0.3, -0.25) is 4.99 Å². The smallest absolute Gasteiger partial charge is 0.0617 e. The maximum Gasteiger partial charge on any atom is 0.0617 e. The van der Waals surface area contributed by atoms with E-state index in [1.165, 1.54) is 30.4 Å². The first kappa shape index (κ1) is 29.9. The number of rotatable bonds is 11. The van der Waals surface area contributed by atoms with Crippen LogP contribution >= 0.6 is 11.6 Å². The summed E-state index contributed by atoms with van der Waals surface area (Å²) in [5.41, 5.74) is 8.03. The Morgan fingerprint density at radius 1 is 1.23 bits per heavy atom. The van der Waals surface area contributed by atoms with E-state index in [4.69, 9.17) is 11.6 Å². The summed E-state index contributed by atoms with van der Waals surface area (Å²) in [5.74, 6) is 3.23. The molecule has 3 heteroatoms. The summed E-state index contributed by atoms with van der Waals surface area (Å²) in [6.07, 6.45) is 17.4. The fraction of sp³-hybridized carbons (Fsp3) is 0.688. The lowest BCUT2D eigenvalue weighted by Crippen LogP contribution is -2.32. The molecule has 2 aliphatic rings. The van der Waals surface area contributed by atoms with Gasteiger partial charge in [-0.1, -0.05) is 69.9 Å². The van der Waals surface area contributed by atoms with Gasteiger partial charge in [-0.25, -0.2) is 0 Å². The number of aliphatic hydroxyl groups is 1. The van der Waals surface area contributed by atoms with Gasteiger partial charge in [0.25, 0.3) is 0 Å². The SMILES string of the molecule is CC=C=CC(CC)/C(=C\C(=NC)C1=C(Cl)CC=C(CC(O)CC2C(C)CC(CC)CC2C)C1)CC. The zero-order chi connectivity index (χ0) is 26.0. The molecule has 0 aromatic heterocycles. The van der Waals surface area contributed by atoms with Crippen LogP contribution < -0.4 is 0 Å². The molecule has 1 saturated carbocycles. The topological polar surface area (TPSA) is 32.6 Å². The second kappa shape index (κ2) is 15.0. The monoisotopic (exact) mass is 499 g/mol. The number of aliphatic hydroxyl groups excluding tert-OH is 1. The van der Waals surface area contributed by atoms with Crippen molar-refractivity contribution in [2.24, 2.45) is 34.6 Å². The molecule has 0 amide bonds. The third kappa shape index (κ3) is 8.63. The van der Waals surface area contributed by atoms with E-state index in [9.17, 15) is 5.11 Å². The second-order valence-corrected chi connectivity index (χ2v) is 11.4. The third-order valence-electron chi connectivity index (χ3n) is 8.45. The van der Waals surface area contributed by atoms with Gasteiger partial charge >= 0.3 is 0 Å². The van der Waals surface area contributed by atoms with Crippen molar-refractivity contribution in [2.45, 2.75) is 105 Å². The largest absolute Gasteiger partial charge is 0.393 e. The van der Waals surface area contributed by atoms with Gasteiger partial charge in [0, 0.05) is 24.4 Å². The van der Waals surface area contributed by atoms with E-state index in [1.807, 2.05) is 20.0 Å². The van der Waals surface area contributed by atoms with Gasteiger partial charge in [0.15, 0.2) is 0 Å². The highest BCUT2D eigenvalue weighted by molar-refractivity contribution is 6.33. The average molecular weight is 500 g/mol. The van der Waals surface area contributed by atoms with Crippen molar-refractivity contribution in [3.05, 3.63) is 51.8 Å². The van der Waals surface area contributed by atoms with Gasteiger partial charge in [0.2, 0.25) is 0 Å². The Morgan fingerprint density at radius 3 is 2.46 bits per heavy atom. The fourth-order valence-electron chi connectivity index (χ4n) is 6.33. The first-order chi connectivity index (χ1) is 16.8. The number of nitrogens with zero attached hydrogens (tertiary/aromatic N) is 1. The Hall–Kier alpha value is -1.34. The van der Waals surface area contributed by atoms with E-state index < -0.39 is 0 Å².